The fourth-order valence-corrected chi connectivity index (χ4v) is 1.86. The van der Waals surface area contributed by atoms with Gasteiger partial charge in [-0.1, -0.05) is 12.2 Å². The summed E-state index contributed by atoms with van der Waals surface area (Å²) in [5, 5.41) is 1.55. The standard InChI is InChI=1S/C8H14N2O3S2/c1-2-10(8(14)6-3-4-6)9-7(11)5-15(12)13/h6,15H,2-5H2,1H3,(H,9,11). The van der Waals surface area contributed by atoms with E-state index in [0.717, 1.165) is 12.8 Å². The number of hydrazine groups is 1. The highest BCUT2D eigenvalue weighted by Gasteiger charge is 2.30. The van der Waals surface area contributed by atoms with Crippen molar-refractivity contribution in [2.75, 3.05) is 12.3 Å². The number of hydrogen-bond donors (Lipinski definition) is 2. The van der Waals surface area contributed by atoms with Gasteiger partial charge in [0.05, 0.1) is 0 Å². The molecule has 0 aromatic rings. The van der Waals surface area contributed by atoms with Gasteiger partial charge in [-0.2, -0.15) is 0 Å². The molecule has 0 atom stereocenters. The van der Waals surface area contributed by atoms with Crippen LogP contribution >= 0.6 is 12.2 Å². The van der Waals surface area contributed by atoms with Crippen LogP contribution in [-0.2, 0) is 15.5 Å². The van der Waals surface area contributed by atoms with Crippen LogP contribution in [0.5, 0.6) is 0 Å². The van der Waals surface area contributed by atoms with Gasteiger partial charge in [-0.3, -0.25) is 15.2 Å². The van der Waals surface area contributed by atoms with Crippen LogP contribution in [0.25, 0.3) is 0 Å². The van der Waals surface area contributed by atoms with Gasteiger partial charge in [0.25, 0.3) is 5.91 Å². The summed E-state index contributed by atoms with van der Waals surface area (Å²) in [7, 11) is -2.68. The maximum absolute atomic E-state index is 11.2. The smallest absolute Gasteiger partial charge is 0.253 e. The molecule has 0 aromatic heterocycles. The second-order valence-electron chi connectivity index (χ2n) is 3.38. The molecule has 1 N–H and O–H groups in total. The third-order valence-electron chi connectivity index (χ3n) is 2.04. The molecule has 0 unspecified atom stereocenters. The molecular formula is C8H14N2O3S2. The van der Waals surface area contributed by atoms with E-state index < -0.39 is 22.4 Å². The van der Waals surface area contributed by atoms with Crippen LogP contribution in [0.15, 0.2) is 0 Å². The number of nitrogens with one attached hydrogen (secondary N) is 1. The Morgan fingerprint density at radius 3 is 2.53 bits per heavy atom. The third-order valence-corrected chi connectivity index (χ3v) is 3.14. The van der Waals surface area contributed by atoms with Crippen molar-refractivity contribution in [2.24, 2.45) is 5.92 Å². The summed E-state index contributed by atoms with van der Waals surface area (Å²) < 4.78 is 20.6. The molecule has 0 radical (unpaired) electrons. The van der Waals surface area contributed by atoms with Crippen LogP contribution < -0.4 is 5.43 Å². The SMILES string of the molecule is CCN(NC(=O)C[SH](=O)=O)C(=S)C1CC1. The Kier molecular flexibility index (Phi) is 4.46. The average Bonchev–Trinajstić information content (AvgIpc) is 2.94. The molecular weight excluding hydrogens is 236 g/mol. The Labute approximate surface area is 95.7 Å². The summed E-state index contributed by atoms with van der Waals surface area (Å²) in [5.74, 6) is -0.642. The van der Waals surface area contributed by atoms with Crippen molar-refractivity contribution in [3.05, 3.63) is 0 Å². The summed E-state index contributed by atoms with van der Waals surface area (Å²) in [6.07, 6.45) is 2.11. The fourth-order valence-electron chi connectivity index (χ4n) is 1.14. The van der Waals surface area contributed by atoms with Gasteiger partial charge in [-0.15, -0.1) is 0 Å². The number of rotatable bonds is 4. The molecule has 0 saturated heterocycles. The van der Waals surface area contributed by atoms with Crippen molar-refractivity contribution in [1.82, 2.24) is 10.4 Å². The lowest BCUT2D eigenvalue weighted by molar-refractivity contribution is -0.121. The van der Waals surface area contributed by atoms with Crippen LogP contribution in [0, 0.1) is 5.92 Å². The average molecular weight is 250 g/mol. The number of carbonyl (C=O) groups is 1. The largest absolute Gasteiger partial charge is 0.279 e. The molecule has 1 rings (SSSR count). The molecule has 7 heteroatoms. The van der Waals surface area contributed by atoms with Gasteiger partial charge < -0.3 is 0 Å². The Morgan fingerprint density at radius 1 is 1.53 bits per heavy atom. The monoisotopic (exact) mass is 250 g/mol. The number of thiol groups is 1. The molecule has 0 bridgehead atoms. The van der Waals surface area contributed by atoms with Gasteiger partial charge in [0, 0.05) is 12.5 Å². The first-order valence-electron chi connectivity index (χ1n) is 4.77. The minimum Gasteiger partial charge on any atom is -0.279 e. The maximum atomic E-state index is 11.2. The number of nitrogens with zero attached hydrogens (tertiary/aromatic N) is 1. The Balaban J connectivity index is 2.45. The van der Waals surface area contributed by atoms with Crippen LogP contribution in [0.4, 0.5) is 0 Å². The molecule has 0 spiro atoms. The van der Waals surface area contributed by atoms with E-state index in [1.54, 1.807) is 5.01 Å². The van der Waals surface area contributed by atoms with Crippen LogP contribution in [0.1, 0.15) is 19.8 Å². The molecule has 5 nitrogen and oxygen atoms in total. The van der Waals surface area contributed by atoms with Crippen LogP contribution in [0.3, 0.4) is 0 Å². The second-order valence-corrected chi connectivity index (χ2v) is 4.78. The van der Waals surface area contributed by atoms with Crippen molar-refractivity contribution >= 4 is 33.8 Å². The Bertz CT molecular complexity index is 329. The van der Waals surface area contributed by atoms with E-state index in [9.17, 15) is 13.2 Å². The predicted molar refractivity (Wildman–Crippen MR) is 61.0 cm³/mol. The van der Waals surface area contributed by atoms with Gasteiger partial charge >= 0.3 is 0 Å². The van der Waals surface area contributed by atoms with Crippen molar-refractivity contribution < 1.29 is 13.2 Å². The highest BCUT2D eigenvalue weighted by Crippen LogP contribution is 2.31. The highest BCUT2D eigenvalue weighted by atomic mass is 32.2. The minimum absolute atomic E-state index is 0.376. The van der Waals surface area contributed by atoms with E-state index in [4.69, 9.17) is 12.2 Å². The zero-order valence-electron chi connectivity index (χ0n) is 8.43. The van der Waals surface area contributed by atoms with E-state index >= 15 is 0 Å². The molecule has 1 fully saturated rings. The third kappa shape index (κ3) is 4.13. The van der Waals surface area contributed by atoms with Crippen molar-refractivity contribution in [3.8, 4) is 0 Å². The quantitative estimate of drug-likeness (QED) is 0.407. The first kappa shape index (κ1) is 12.4. The lowest BCUT2D eigenvalue weighted by Gasteiger charge is -2.23. The predicted octanol–water partition coefficient (Wildman–Crippen LogP) is -0.312. The van der Waals surface area contributed by atoms with Crippen molar-refractivity contribution in [3.63, 3.8) is 0 Å². The molecule has 0 aliphatic heterocycles. The molecule has 0 heterocycles. The molecule has 1 aliphatic rings. The van der Waals surface area contributed by atoms with Crippen LogP contribution in [-0.4, -0.2) is 36.6 Å². The fraction of sp³-hybridized carbons (Fsp3) is 0.750. The first-order chi connectivity index (χ1) is 7.04. The lowest BCUT2D eigenvalue weighted by Crippen LogP contribution is -2.47. The summed E-state index contributed by atoms with van der Waals surface area (Å²) in [6, 6.07) is 0. The Morgan fingerprint density at radius 2 is 2.13 bits per heavy atom. The minimum atomic E-state index is -2.68. The summed E-state index contributed by atoms with van der Waals surface area (Å²) in [6.45, 7) is 2.41. The number of thiocarbonyl (C=S) groups is 1. The van der Waals surface area contributed by atoms with E-state index in [0.29, 0.717) is 17.5 Å². The van der Waals surface area contributed by atoms with Crippen LogP contribution in [0.2, 0.25) is 0 Å². The van der Waals surface area contributed by atoms with Gasteiger partial charge in [0.15, 0.2) is 0 Å². The highest BCUT2D eigenvalue weighted by molar-refractivity contribution is 7.80. The van der Waals surface area contributed by atoms with Crippen molar-refractivity contribution in [2.45, 2.75) is 19.8 Å². The number of amides is 1. The molecule has 1 aliphatic carbocycles. The van der Waals surface area contributed by atoms with E-state index in [1.807, 2.05) is 6.92 Å². The van der Waals surface area contributed by atoms with Gasteiger partial charge in [0.1, 0.15) is 21.4 Å². The topological polar surface area (TPSA) is 66.5 Å². The molecule has 0 aromatic carbocycles. The maximum Gasteiger partial charge on any atom is 0.253 e. The number of hydrogen-bond acceptors (Lipinski definition) is 4. The molecule has 86 valence electrons. The normalized spacial score (nSPS) is 15.1. The molecule has 15 heavy (non-hydrogen) atoms. The summed E-state index contributed by atoms with van der Waals surface area (Å²) in [5.41, 5.74) is 2.49. The van der Waals surface area contributed by atoms with Gasteiger partial charge in [-0.25, -0.2) is 8.42 Å². The zero-order chi connectivity index (χ0) is 11.4. The van der Waals surface area contributed by atoms with Gasteiger partial charge in [-0.05, 0) is 19.8 Å². The van der Waals surface area contributed by atoms with Crippen molar-refractivity contribution in [1.29, 1.82) is 0 Å². The van der Waals surface area contributed by atoms with Gasteiger partial charge in [0.2, 0.25) is 0 Å². The van der Waals surface area contributed by atoms with E-state index in [1.165, 1.54) is 0 Å². The number of carbonyl (C=O) groups excluding carboxylic acids is 1. The summed E-state index contributed by atoms with van der Waals surface area (Å²) >= 11 is 5.15. The second kappa shape index (κ2) is 5.41. The molecule has 1 amide bonds. The van der Waals surface area contributed by atoms with E-state index in [-0.39, 0.29) is 0 Å². The first-order valence-corrected chi connectivity index (χ1v) is 6.54. The molecule has 1 saturated carbocycles. The lowest BCUT2D eigenvalue weighted by atomic mass is 10.4. The zero-order valence-corrected chi connectivity index (χ0v) is 10.1. The Hall–Kier alpha value is -0.690. The van der Waals surface area contributed by atoms with E-state index in [2.05, 4.69) is 5.43 Å². The summed E-state index contributed by atoms with van der Waals surface area (Å²) in [4.78, 5) is 11.9.